The fraction of sp³-hybridized carbons (Fsp3) is 0.364. The maximum Gasteiger partial charge on any atom is 0.242 e. The molecular formula is C22H31IN4O. The zero-order chi connectivity index (χ0) is 19.5. The minimum atomic E-state index is -0.0987. The summed E-state index contributed by atoms with van der Waals surface area (Å²) in [6, 6.07) is 20.2. The minimum Gasteiger partial charge on any atom is -0.357 e. The lowest BCUT2D eigenvalue weighted by atomic mass is 9.85. The second-order valence-corrected chi connectivity index (χ2v) is 7.06. The molecule has 3 N–H and O–H groups in total. The molecule has 5 nitrogen and oxygen atoms in total. The molecular weight excluding hydrogens is 463 g/mol. The van der Waals surface area contributed by atoms with Crippen LogP contribution in [0.5, 0.6) is 0 Å². The zero-order valence-electron chi connectivity index (χ0n) is 16.9. The summed E-state index contributed by atoms with van der Waals surface area (Å²) in [7, 11) is 0. The summed E-state index contributed by atoms with van der Waals surface area (Å²) in [6.07, 6.45) is 0. The van der Waals surface area contributed by atoms with Gasteiger partial charge in [-0.2, -0.15) is 0 Å². The van der Waals surface area contributed by atoms with Gasteiger partial charge in [0.15, 0.2) is 5.96 Å². The second-order valence-electron chi connectivity index (χ2n) is 7.06. The van der Waals surface area contributed by atoms with Crippen molar-refractivity contribution in [1.82, 2.24) is 16.0 Å². The molecule has 0 radical (unpaired) electrons. The van der Waals surface area contributed by atoms with Crippen LogP contribution in [0.1, 0.15) is 31.9 Å². The number of carbonyl (C=O) groups is 1. The Bertz CT molecular complexity index is 733. The van der Waals surface area contributed by atoms with Crippen molar-refractivity contribution in [2.45, 2.75) is 32.7 Å². The van der Waals surface area contributed by atoms with Crippen LogP contribution < -0.4 is 16.0 Å². The van der Waals surface area contributed by atoms with E-state index in [1.54, 1.807) is 0 Å². The Kier molecular flexibility index (Phi) is 10.6. The van der Waals surface area contributed by atoms with Gasteiger partial charge in [-0.25, -0.2) is 4.99 Å². The molecule has 0 heterocycles. The van der Waals surface area contributed by atoms with E-state index in [2.05, 4.69) is 46.9 Å². The predicted octanol–water partition coefficient (Wildman–Crippen LogP) is 3.45. The van der Waals surface area contributed by atoms with Gasteiger partial charge in [-0.15, -0.1) is 24.0 Å². The summed E-state index contributed by atoms with van der Waals surface area (Å²) in [5.41, 5.74) is 2.28. The molecule has 2 rings (SSSR count). The van der Waals surface area contributed by atoms with Gasteiger partial charge in [-0.3, -0.25) is 4.79 Å². The van der Waals surface area contributed by atoms with Gasteiger partial charge in [0.25, 0.3) is 0 Å². The van der Waals surface area contributed by atoms with Crippen molar-refractivity contribution >= 4 is 35.8 Å². The number of carbonyl (C=O) groups excluding carboxylic acids is 1. The molecule has 0 aliphatic heterocycles. The Hall–Kier alpha value is -2.09. The van der Waals surface area contributed by atoms with Gasteiger partial charge < -0.3 is 16.0 Å². The maximum atomic E-state index is 12.1. The molecule has 1 amide bonds. The molecule has 0 unspecified atom stereocenters. The largest absolute Gasteiger partial charge is 0.357 e. The van der Waals surface area contributed by atoms with E-state index in [9.17, 15) is 4.79 Å². The van der Waals surface area contributed by atoms with Crippen LogP contribution in [0.15, 0.2) is 65.7 Å². The van der Waals surface area contributed by atoms with Crippen LogP contribution in [0.25, 0.3) is 0 Å². The van der Waals surface area contributed by atoms with Crippen molar-refractivity contribution in [3.8, 4) is 0 Å². The maximum absolute atomic E-state index is 12.1. The predicted molar refractivity (Wildman–Crippen MR) is 127 cm³/mol. The number of nitrogens with zero attached hydrogens (tertiary/aromatic N) is 1. The monoisotopic (exact) mass is 494 g/mol. The standard InChI is InChI=1S/C22H30N4O.HI/c1-4-23-21(26-17-22(2,3)19-13-9-6-10-14-19)25-16-20(27)24-15-18-11-7-5-8-12-18;/h5-14H,4,15-17H2,1-3H3,(H,24,27)(H2,23,25,26);1H. The smallest absolute Gasteiger partial charge is 0.242 e. The van der Waals surface area contributed by atoms with Gasteiger partial charge in [0.05, 0.1) is 0 Å². The summed E-state index contributed by atoms with van der Waals surface area (Å²) in [4.78, 5) is 16.5. The molecule has 6 heteroatoms. The van der Waals surface area contributed by atoms with Crippen LogP contribution in [0.4, 0.5) is 0 Å². The van der Waals surface area contributed by atoms with Crippen LogP contribution >= 0.6 is 24.0 Å². The van der Waals surface area contributed by atoms with Gasteiger partial charge in [-0.05, 0) is 18.1 Å². The summed E-state index contributed by atoms with van der Waals surface area (Å²) in [5.74, 6) is 0.551. The van der Waals surface area contributed by atoms with E-state index in [0.29, 0.717) is 19.0 Å². The molecule has 0 aromatic heterocycles. The average Bonchev–Trinajstić information content (AvgIpc) is 2.70. The third-order valence-electron chi connectivity index (χ3n) is 4.31. The van der Waals surface area contributed by atoms with Crippen LogP contribution in [0.2, 0.25) is 0 Å². The van der Waals surface area contributed by atoms with Crippen LogP contribution in [0.3, 0.4) is 0 Å². The normalized spacial score (nSPS) is 11.3. The van der Waals surface area contributed by atoms with Crippen molar-refractivity contribution in [2.75, 3.05) is 19.6 Å². The summed E-state index contributed by atoms with van der Waals surface area (Å²) in [6.45, 7) is 8.44. The van der Waals surface area contributed by atoms with Gasteiger partial charge in [0.2, 0.25) is 5.91 Å². The first kappa shape index (κ1) is 23.9. The van der Waals surface area contributed by atoms with E-state index in [1.807, 2.05) is 55.5 Å². The third-order valence-corrected chi connectivity index (χ3v) is 4.31. The summed E-state index contributed by atoms with van der Waals surface area (Å²) < 4.78 is 0. The lowest BCUT2D eigenvalue weighted by Crippen LogP contribution is -2.44. The van der Waals surface area contributed by atoms with Crippen molar-refractivity contribution in [2.24, 2.45) is 4.99 Å². The number of hydrogen-bond donors (Lipinski definition) is 3. The number of amides is 1. The van der Waals surface area contributed by atoms with Gasteiger partial charge >= 0.3 is 0 Å². The van der Waals surface area contributed by atoms with Gasteiger partial charge in [-0.1, -0.05) is 74.5 Å². The number of nitrogens with one attached hydrogen (secondary N) is 3. The number of benzene rings is 2. The highest BCUT2D eigenvalue weighted by Crippen LogP contribution is 2.21. The lowest BCUT2D eigenvalue weighted by Gasteiger charge is -2.26. The Labute approximate surface area is 185 Å². The van der Waals surface area contributed by atoms with E-state index < -0.39 is 0 Å². The van der Waals surface area contributed by atoms with Crippen LogP contribution in [0, 0.1) is 0 Å². The Morgan fingerprint density at radius 2 is 1.54 bits per heavy atom. The van der Waals surface area contributed by atoms with E-state index in [4.69, 9.17) is 0 Å². The fourth-order valence-corrected chi connectivity index (χ4v) is 2.64. The van der Waals surface area contributed by atoms with E-state index in [1.165, 1.54) is 5.56 Å². The molecule has 0 atom stereocenters. The molecule has 0 aliphatic carbocycles. The highest BCUT2D eigenvalue weighted by atomic mass is 127. The van der Waals surface area contributed by atoms with Gasteiger partial charge in [0.1, 0.15) is 6.54 Å². The van der Waals surface area contributed by atoms with E-state index in [0.717, 1.165) is 12.1 Å². The lowest BCUT2D eigenvalue weighted by molar-refractivity contribution is -0.119. The number of guanidine groups is 1. The SMILES string of the molecule is CCNC(=NCC(=O)NCc1ccccc1)NCC(C)(C)c1ccccc1.I. The Balaban J connectivity index is 0.00000392. The van der Waals surface area contributed by atoms with Crippen molar-refractivity contribution in [1.29, 1.82) is 0 Å². The molecule has 0 saturated carbocycles. The highest BCUT2D eigenvalue weighted by Gasteiger charge is 2.20. The Morgan fingerprint density at radius 1 is 0.929 bits per heavy atom. The zero-order valence-corrected chi connectivity index (χ0v) is 19.2. The van der Waals surface area contributed by atoms with E-state index >= 15 is 0 Å². The molecule has 2 aromatic rings. The molecule has 0 saturated heterocycles. The fourth-order valence-electron chi connectivity index (χ4n) is 2.64. The highest BCUT2D eigenvalue weighted by molar-refractivity contribution is 14.0. The first-order chi connectivity index (χ1) is 13.0. The topological polar surface area (TPSA) is 65.5 Å². The molecule has 0 bridgehead atoms. The van der Waals surface area contributed by atoms with Crippen molar-refractivity contribution < 1.29 is 4.79 Å². The van der Waals surface area contributed by atoms with Gasteiger partial charge in [0, 0.05) is 25.0 Å². The summed E-state index contributed by atoms with van der Waals surface area (Å²) in [5, 5.41) is 9.44. The third kappa shape index (κ3) is 8.29. The quantitative estimate of drug-likeness (QED) is 0.299. The number of aliphatic imine (C=N–C) groups is 1. The molecule has 0 fully saturated rings. The van der Waals surface area contributed by atoms with Crippen molar-refractivity contribution in [3.05, 3.63) is 71.8 Å². The average molecular weight is 494 g/mol. The van der Waals surface area contributed by atoms with Crippen LogP contribution in [-0.2, 0) is 16.8 Å². The van der Waals surface area contributed by atoms with E-state index in [-0.39, 0.29) is 41.8 Å². The first-order valence-electron chi connectivity index (χ1n) is 9.39. The Morgan fingerprint density at radius 3 is 2.14 bits per heavy atom. The van der Waals surface area contributed by atoms with Crippen LogP contribution in [-0.4, -0.2) is 31.5 Å². The second kappa shape index (κ2) is 12.4. The minimum absolute atomic E-state index is 0. The summed E-state index contributed by atoms with van der Waals surface area (Å²) >= 11 is 0. The number of rotatable bonds is 8. The van der Waals surface area contributed by atoms with Crippen molar-refractivity contribution in [3.63, 3.8) is 0 Å². The molecule has 2 aromatic carbocycles. The molecule has 0 aliphatic rings. The molecule has 0 spiro atoms. The number of halogens is 1. The molecule has 152 valence electrons. The first-order valence-corrected chi connectivity index (χ1v) is 9.39. The number of hydrogen-bond acceptors (Lipinski definition) is 2. The molecule has 28 heavy (non-hydrogen) atoms.